The van der Waals surface area contributed by atoms with Gasteiger partial charge in [-0.3, -0.25) is 5.32 Å². The highest BCUT2D eigenvalue weighted by Crippen LogP contribution is 2.09. The van der Waals surface area contributed by atoms with Crippen LogP contribution in [0.4, 0.5) is 10.7 Å². The second-order valence-electron chi connectivity index (χ2n) is 4.86. The first kappa shape index (κ1) is 14.3. The van der Waals surface area contributed by atoms with Gasteiger partial charge in [0.15, 0.2) is 0 Å². The highest BCUT2D eigenvalue weighted by molar-refractivity contribution is 5.82. The van der Waals surface area contributed by atoms with Crippen LogP contribution < -0.4 is 5.32 Å². The van der Waals surface area contributed by atoms with Crippen molar-refractivity contribution >= 4 is 12.0 Å². The van der Waals surface area contributed by atoms with E-state index in [1.807, 2.05) is 0 Å². The number of hydroxylamine groups is 2. The van der Waals surface area contributed by atoms with Crippen molar-refractivity contribution in [2.45, 2.75) is 32.9 Å². The van der Waals surface area contributed by atoms with Crippen LogP contribution in [0.5, 0.6) is 0 Å². The lowest BCUT2D eigenvalue weighted by atomic mass is 10.2. The molecule has 0 saturated carbocycles. The van der Waals surface area contributed by atoms with Gasteiger partial charge in [-0.1, -0.05) is 0 Å². The summed E-state index contributed by atoms with van der Waals surface area (Å²) in [5, 5.41) is 12.5. The van der Waals surface area contributed by atoms with E-state index in [2.05, 4.69) is 15.3 Å². The first-order valence-electron chi connectivity index (χ1n) is 5.47. The summed E-state index contributed by atoms with van der Waals surface area (Å²) < 4.78 is 5.06. The molecule has 1 amide bonds. The monoisotopic (exact) mass is 254 g/mol. The van der Waals surface area contributed by atoms with Crippen molar-refractivity contribution in [1.29, 1.82) is 0 Å². The second kappa shape index (κ2) is 5.74. The zero-order chi connectivity index (χ0) is 13.8. The van der Waals surface area contributed by atoms with E-state index in [-0.39, 0.29) is 5.95 Å². The molecule has 0 unspecified atom stereocenters. The Kier molecular flexibility index (Phi) is 4.57. The number of carbonyl (C=O) groups excluding carboxylic acids is 1. The normalized spacial score (nSPS) is 11.4. The van der Waals surface area contributed by atoms with Gasteiger partial charge >= 0.3 is 6.09 Å². The van der Waals surface area contributed by atoms with Crippen LogP contribution in [0, 0.1) is 0 Å². The lowest BCUT2D eigenvalue weighted by molar-refractivity contribution is -0.0732. The average Bonchev–Trinajstić information content (AvgIpc) is 2.17. The number of hydrogen-bond acceptors (Lipinski definition) is 6. The molecule has 0 spiro atoms. The van der Waals surface area contributed by atoms with E-state index >= 15 is 0 Å². The Balaban J connectivity index is 2.56. The molecule has 100 valence electrons. The second-order valence-corrected chi connectivity index (χ2v) is 4.86. The fourth-order valence-electron chi connectivity index (χ4n) is 1.16. The van der Waals surface area contributed by atoms with Gasteiger partial charge in [-0.05, 0) is 20.8 Å². The van der Waals surface area contributed by atoms with Crippen molar-refractivity contribution in [2.75, 3.05) is 12.4 Å². The van der Waals surface area contributed by atoms with Crippen molar-refractivity contribution in [3.63, 3.8) is 0 Å². The van der Waals surface area contributed by atoms with Crippen LogP contribution in [0.15, 0.2) is 12.4 Å². The molecule has 2 N–H and O–H groups in total. The predicted octanol–water partition coefficient (Wildman–Crippen LogP) is 1.64. The maximum Gasteiger partial charge on any atom is 0.414 e. The van der Waals surface area contributed by atoms with E-state index < -0.39 is 11.7 Å². The molecular weight excluding hydrogens is 236 g/mol. The van der Waals surface area contributed by atoms with Crippen LogP contribution in [0.25, 0.3) is 0 Å². The third kappa shape index (κ3) is 5.55. The van der Waals surface area contributed by atoms with Gasteiger partial charge < -0.3 is 9.94 Å². The fourth-order valence-corrected chi connectivity index (χ4v) is 1.16. The topological polar surface area (TPSA) is 87.6 Å². The Labute approximate surface area is 106 Å². The maximum atomic E-state index is 11.4. The smallest absolute Gasteiger partial charge is 0.414 e. The summed E-state index contributed by atoms with van der Waals surface area (Å²) in [4.78, 5) is 19.3. The summed E-state index contributed by atoms with van der Waals surface area (Å²) in [7, 11) is 1.52. The molecule has 0 saturated heterocycles. The molecule has 7 heteroatoms. The highest BCUT2D eigenvalue weighted by atomic mass is 16.6. The lowest BCUT2D eigenvalue weighted by Gasteiger charge is -2.19. The summed E-state index contributed by atoms with van der Waals surface area (Å²) in [6.07, 6.45) is 2.44. The number of rotatable bonds is 3. The Morgan fingerprint density at radius 1 is 1.44 bits per heavy atom. The number of nitrogens with zero attached hydrogens (tertiary/aromatic N) is 3. The minimum Gasteiger partial charge on any atom is -0.444 e. The Morgan fingerprint density at radius 2 is 2.00 bits per heavy atom. The predicted molar refractivity (Wildman–Crippen MR) is 65.1 cm³/mol. The molecule has 0 bridgehead atoms. The molecule has 0 fully saturated rings. The number of anilines is 1. The van der Waals surface area contributed by atoms with Gasteiger partial charge in [0, 0.05) is 25.0 Å². The van der Waals surface area contributed by atoms with Gasteiger partial charge in [0.2, 0.25) is 5.95 Å². The van der Waals surface area contributed by atoms with Crippen molar-refractivity contribution in [3.8, 4) is 0 Å². The van der Waals surface area contributed by atoms with E-state index in [1.165, 1.54) is 19.4 Å². The zero-order valence-electron chi connectivity index (χ0n) is 11.0. The van der Waals surface area contributed by atoms with Crippen molar-refractivity contribution in [1.82, 2.24) is 15.0 Å². The molecular formula is C11H18N4O3. The average molecular weight is 254 g/mol. The van der Waals surface area contributed by atoms with Crippen LogP contribution in [0.1, 0.15) is 26.3 Å². The number of aromatic nitrogens is 2. The first-order chi connectivity index (χ1) is 8.26. The van der Waals surface area contributed by atoms with E-state index in [1.54, 1.807) is 20.8 Å². The SMILES string of the molecule is CN(O)Cc1cnc(NC(=O)OC(C)(C)C)nc1. The number of amides is 1. The van der Waals surface area contributed by atoms with Gasteiger partial charge in [0.25, 0.3) is 0 Å². The minimum absolute atomic E-state index is 0.161. The first-order valence-corrected chi connectivity index (χ1v) is 5.47. The highest BCUT2D eigenvalue weighted by Gasteiger charge is 2.16. The Hall–Kier alpha value is -1.73. The van der Waals surface area contributed by atoms with Gasteiger partial charge in [-0.2, -0.15) is 5.06 Å². The van der Waals surface area contributed by atoms with Crippen molar-refractivity contribution in [2.24, 2.45) is 0 Å². The summed E-state index contributed by atoms with van der Waals surface area (Å²) in [5.41, 5.74) is 0.165. The van der Waals surface area contributed by atoms with E-state index in [9.17, 15) is 4.79 Å². The summed E-state index contributed by atoms with van der Waals surface area (Å²) in [5.74, 6) is 0.161. The van der Waals surface area contributed by atoms with Gasteiger partial charge in [0.1, 0.15) is 5.60 Å². The number of carbonyl (C=O) groups is 1. The standard InChI is InChI=1S/C11H18N4O3/c1-11(2,3)18-10(16)14-9-12-5-8(6-13-9)7-15(4)17/h5-6,17H,7H2,1-4H3,(H,12,13,14,16). The largest absolute Gasteiger partial charge is 0.444 e. The van der Waals surface area contributed by atoms with Gasteiger partial charge in [0.05, 0.1) is 6.54 Å². The van der Waals surface area contributed by atoms with Crippen LogP contribution in [-0.4, -0.2) is 39.0 Å². The number of hydrogen-bond donors (Lipinski definition) is 2. The van der Waals surface area contributed by atoms with Gasteiger partial charge in [-0.15, -0.1) is 0 Å². The minimum atomic E-state index is -0.602. The Bertz CT molecular complexity index is 398. The molecule has 0 aliphatic heterocycles. The molecule has 0 aliphatic carbocycles. The maximum absolute atomic E-state index is 11.4. The number of nitrogens with one attached hydrogen (secondary N) is 1. The molecule has 1 rings (SSSR count). The molecule has 0 aliphatic rings. The van der Waals surface area contributed by atoms with Crippen LogP contribution >= 0.6 is 0 Å². The Morgan fingerprint density at radius 3 is 2.44 bits per heavy atom. The third-order valence-electron chi connectivity index (χ3n) is 1.73. The lowest BCUT2D eigenvalue weighted by Crippen LogP contribution is -2.27. The summed E-state index contributed by atoms with van der Waals surface area (Å²) >= 11 is 0. The molecule has 18 heavy (non-hydrogen) atoms. The molecule has 7 nitrogen and oxygen atoms in total. The molecule has 0 aromatic carbocycles. The van der Waals surface area contributed by atoms with E-state index in [4.69, 9.17) is 9.94 Å². The van der Waals surface area contributed by atoms with E-state index in [0.29, 0.717) is 6.54 Å². The fraction of sp³-hybridized carbons (Fsp3) is 0.545. The van der Waals surface area contributed by atoms with Crippen LogP contribution in [0.3, 0.4) is 0 Å². The zero-order valence-corrected chi connectivity index (χ0v) is 11.0. The molecule has 1 heterocycles. The molecule has 0 radical (unpaired) electrons. The molecule has 0 atom stereocenters. The summed E-state index contributed by atoms with van der Waals surface area (Å²) in [6, 6.07) is 0. The van der Waals surface area contributed by atoms with E-state index in [0.717, 1.165) is 10.6 Å². The molecule has 1 aromatic rings. The van der Waals surface area contributed by atoms with Crippen molar-refractivity contribution < 1.29 is 14.7 Å². The van der Waals surface area contributed by atoms with Crippen molar-refractivity contribution in [3.05, 3.63) is 18.0 Å². The van der Waals surface area contributed by atoms with Crippen LogP contribution in [-0.2, 0) is 11.3 Å². The van der Waals surface area contributed by atoms with Crippen LogP contribution in [0.2, 0.25) is 0 Å². The third-order valence-corrected chi connectivity index (χ3v) is 1.73. The quantitative estimate of drug-likeness (QED) is 0.797. The summed E-state index contributed by atoms with van der Waals surface area (Å²) in [6.45, 7) is 5.63. The van der Waals surface area contributed by atoms with Gasteiger partial charge in [-0.25, -0.2) is 14.8 Å². The molecule has 1 aromatic heterocycles. The number of ether oxygens (including phenoxy) is 1.